The van der Waals surface area contributed by atoms with E-state index in [-0.39, 0.29) is 0 Å². The zero-order valence-electron chi connectivity index (χ0n) is 9.33. The van der Waals surface area contributed by atoms with Crippen molar-refractivity contribution in [1.82, 2.24) is 0 Å². The number of rotatable bonds is 4. The normalized spacial score (nSPS) is 29.1. The number of hydrogen-bond acceptors (Lipinski definition) is 3. The summed E-state index contributed by atoms with van der Waals surface area (Å²) < 4.78 is 5.69. The van der Waals surface area contributed by atoms with Gasteiger partial charge in [0, 0.05) is 12.6 Å². The van der Waals surface area contributed by atoms with Gasteiger partial charge in [-0.3, -0.25) is 0 Å². The van der Waals surface area contributed by atoms with Crippen LogP contribution in [0.5, 0.6) is 0 Å². The van der Waals surface area contributed by atoms with Gasteiger partial charge < -0.3 is 15.6 Å². The first-order chi connectivity index (χ1) is 6.47. The second kappa shape index (κ2) is 5.10. The van der Waals surface area contributed by atoms with Crippen LogP contribution in [0, 0.1) is 0 Å². The van der Waals surface area contributed by atoms with E-state index in [0.717, 1.165) is 25.7 Å². The van der Waals surface area contributed by atoms with E-state index in [9.17, 15) is 5.11 Å². The van der Waals surface area contributed by atoms with Crippen molar-refractivity contribution in [2.24, 2.45) is 5.73 Å². The lowest BCUT2D eigenvalue weighted by Gasteiger charge is -2.27. The molecule has 0 saturated heterocycles. The number of hydrogen-bond donors (Lipinski definition) is 2. The second-order valence-electron chi connectivity index (χ2n) is 4.97. The number of ether oxygens (including phenoxy) is 1. The molecular formula is C11H23NO2. The SMILES string of the molecule is CC(C)(O)CCOC1CCC(N)CC1. The summed E-state index contributed by atoms with van der Waals surface area (Å²) in [6, 6.07) is 0.379. The molecule has 0 aliphatic heterocycles. The van der Waals surface area contributed by atoms with Gasteiger partial charge in [0.2, 0.25) is 0 Å². The lowest BCUT2D eigenvalue weighted by atomic mass is 9.94. The summed E-state index contributed by atoms with van der Waals surface area (Å²) in [5.74, 6) is 0. The molecule has 14 heavy (non-hydrogen) atoms. The molecule has 84 valence electrons. The monoisotopic (exact) mass is 201 g/mol. The van der Waals surface area contributed by atoms with Crippen molar-refractivity contribution in [3.8, 4) is 0 Å². The minimum absolute atomic E-state index is 0.372. The fraction of sp³-hybridized carbons (Fsp3) is 1.00. The van der Waals surface area contributed by atoms with Gasteiger partial charge in [0.15, 0.2) is 0 Å². The van der Waals surface area contributed by atoms with Crippen LogP contribution in [0.15, 0.2) is 0 Å². The van der Waals surface area contributed by atoms with E-state index in [1.807, 2.05) is 13.8 Å². The number of aliphatic hydroxyl groups is 1. The van der Waals surface area contributed by atoms with E-state index in [1.165, 1.54) is 0 Å². The highest BCUT2D eigenvalue weighted by Crippen LogP contribution is 2.20. The topological polar surface area (TPSA) is 55.5 Å². The van der Waals surface area contributed by atoms with Gasteiger partial charge in [-0.05, 0) is 46.0 Å². The summed E-state index contributed by atoms with van der Waals surface area (Å²) in [5.41, 5.74) is 5.19. The van der Waals surface area contributed by atoms with Gasteiger partial charge in [-0.15, -0.1) is 0 Å². The first-order valence-electron chi connectivity index (χ1n) is 5.57. The summed E-state index contributed by atoms with van der Waals surface area (Å²) in [5, 5.41) is 9.49. The van der Waals surface area contributed by atoms with E-state index in [1.54, 1.807) is 0 Å². The molecule has 0 aromatic rings. The van der Waals surface area contributed by atoms with E-state index < -0.39 is 5.60 Å². The molecule has 0 radical (unpaired) electrons. The van der Waals surface area contributed by atoms with Gasteiger partial charge in [-0.2, -0.15) is 0 Å². The maximum absolute atomic E-state index is 9.49. The van der Waals surface area contributed by atoms with E-state index in [2.05, 4.69) is 0 Å². The lowest BCUT2D eigenvalue weighted by Crippen LogP contribution is -2.31. The van der Waals surface area contributed by atoms with Crippen molar-refractivity contribution in [2.45, 2.75) is 63.7 Å². The van der Waals surface area contributed by atoms with Gasteiger partial charge >= 0.3 is 0 Å². The zero-order valence-corrected chi connectivity index (χ0v) is 9.33. The molecule has 1 rings (SSSR count). The Morgan fingerprint density at radius 1 is 1.29 bits per heavy atom. The average molecular weight is 201 g/mol. The average Bonchev–Trinajstić information content (AvgIpc) is 2.06. The van der Waals surface area contributed by atoms with Crippen molar-refractivity contribution >= 4 is 0 Å². The van der Waals surface area contributed by atoms with Crippen LogP contribution in [0.4, 0.5) is 0 Å². The Hall–Kier alpha value is -0.120. The van der Waals surface area contributed by atoms with E-state index in [4.69, 9.17) is 10.5 Å². The summed E-state index contributed by atoms with van der Waals surface area (Å²) in [6.07, 6.45) is 5.38. The van der Waals surface area contributed by atoms with Gasteiger partial charge in [0.1, 0.15) is 0 Å². The molecule has 1 aliphatic carbocycles. The van der Waals surface area contributed by atoms with Crippen molar-refractivity contribution in [3.05, 3.63) is 0 Å². The van der Waals surface area contributed by atoms with Crippen molar-refractivity contribution in [2.75, 3.05) is 6.61 Å². The Balaban J connectivity index is 2.08. The molecule has 0 bridgehead atoms. The molecule has 0 aromatic heterocycles. The Kier molecular flexibility index (Phi) is 4.35. The molecule has 3 heteroatoms. The maximum Gasteiger partial charge on any atom is 0.0613 e. The fourth-order valence-electron chi connectivity index (χ4n) is 1.73. The molecule has 0 atom stereocenters. The standard InChI is InChI=1S/C11H23NO2/c1-11(2,13)7-8-14-10-5-3-9(12)4-6-10/h9-10,13H,3-8,12H2,1-2H3. The van der Waals surface area contributed by atoms with Gasteiger partial charge in [-0.25, -0.2) is 0 Å². The van der Waals surface area contributed by atoms with Crippen molar-refractivity contribution in [3.63, 3.8) is 0 Å². The minimum atomic E-state index is -0.606. The van der Waals surface area contributed by atoms with Crippen LogP contribution in [0.25, 0.3) is 0 Å². The molecule has 3 N–H and O–H groups in total. The van der Waals surface area contributed by atoms with Gasteiger partial charge in [0.05, 0.1) is 11.7 Å². The van der Waals surface area contributed by atoms with Gasteiger partial charge in [0.25, 0.3) is 0 Å². The Morgan fingerprint density at radius 2 is 1.86 bits per heavy atom. The Labute approximate surface area is 86.6 Å². The third-order valence-electron chi connectivity index (χ3n) is 2.79. The minimum Gasteiger partial charge on any atom is -0.390 e. The molecule has 0 amide bonds. The van der Waals surface area contributed by atoms with Crippen LogP contribution in [0.3, 0.4) is 0 Å². The van der Waals surface area contributed by atoms with E-state index >= 15 is 0 Å². The molecule has 0 aromatic carbocycles. The third kappa shape index (κ3) is 4.94. The maximum atomic E-state index is 9.49. The molecule has 1 saturated carbocycles. The molecule has 1 fully saturated rings. The Morgan fingerprint density at radius 3 is 2.36 bits per heavy atom. The van der Waals surface area contributed by atoms with Crippen LogP contribution in [0.2, 0.25) is 0 Å². The van der Waals surface area contributed by atoms with E-state index in [0.29, 0.717) is 25.2 Å². The molecule has 1 aliphatic rings. The largest absolute Gasteiger partial charge is 0.390 e. The highest BCUT2D eigenvalue weighted by Gasteiger charge is 2.20. The number of nitrogens with two attached hydrogens (primary N) is 1. The molecule has 0 unspecified atom stereocenters. The molecule has 3 nitrogen and oxygen atoms in total. The third-order valence-corrected chi connectivity index (χ3v) is 2.79. The van der Waals surface area contributed by atoms with Crippen LogP contribution in [0.1, 0.15) is 46.0 Å². The fourth-order valence-corrected chi connectivity index (χ4v) is 1.73. The summed E-state index contributed by atoms with van der Waals surface area (Å²) in [4.78, 5) is 0. The van der Waals surface area contributed by atoms with Crippen molar-refractivity contribution in [1.29, 1.82) is 0 Å². The first kappa shape index (κ1) is 12.0. The predicted octanol–water partition coefficient (Wildman–Crippen LogP) is 1.43. The molecular weight excluding hydrogens is 178 g/mol. The van der Waals surface area contributed by atoms with Crippen molar-refractivity contribution < 1.29 is 9.84 Å². The molecule has 0 heterocycles. The zero-order chi connectivity index (χ0) is 10.6. The summed E-state index contributed by atoms with van der Waals surface area (Å²) >= 11 is 0. The van der Waals surface area contributed by atoms with Crippen LogP contribution < -0.4 is 5.73 Å². The smallest absolute Gasteiger partial charge is 0.0613 e. The summed E-state index contributed by atoms with van der Waals surface area (Å²) in [7, 11) is 0. The van der Waals surface area contributed by atoms with Crippen LogP contribution >= 0.6 is 0 Å². The second-order valence-corrected chi connectivity index (χ2v) is 4.97. The highest BCUT2D eigenvalue weighted by atomic mass is 16.5. The lowest BCUT2D eigenvalue weighted by molar-refractivity contribution is -0.0153. The first-order valence-corrected chi connectivity index (χ1v) is 5.57. The highest BCUT2D eigenvalue weighted by molar-refractivity contribution is 4.75. The Bertz CT molecular complexity index is 157. The molecule has 0 spiro atoms. The van der Waals surface area contributed by atoms with Gasteiger partial charge in [-0.1, -0.05) is 0 Å². The van der Waals surface area contributed by atoms with Crippen LogP contribution in [-0.4, -0.2) is 29.5 Å². The van der Waals surface area contributed by atoms with Crippen LogP contribution in [-0.2, 0) is 4.74 Å². The summed E-state index contributed by atoms with van der Waals surface area (Å²) in [6.45, 7) is 4.28. The predicted molar refractivity (Wildman–Crippen MR) is 57.1 cm³/mol. The quantitative estimate of drug-likeness (QED) is 0.723.